The first kappa shape index (κ1) is 34.9. The van der Waals surface area contributed by atoms with Crippen LogP contribution in [0.1, 0.15) is 85.3 Å². The molecule has 0 spiro atoms. The van der Waals surface area contributed by atoms with Crippen molar-refractivity contribution in [2.45, 2.75) is 86.7 Å². The SMILES string of the molecule is C=C(CCN(CC(C)C)C(=O)OC(C)(C)C)C/C(C(=C)C)=C(C(C)=NC)\C(Br)=C/C(C)c1cc(Cl)ccc1C. The fraction of sp³-hybridized carbons (Fsp3) is 0.515. The molecule has 0 fully saturated rings. The molecular weight excluding hydrogens is 572 g/mol. The van der Waals surface area contributed by atoms with Crippen LogP contribution >= 0.6 is 27.5 Å². The van der Waals surface area contributed by atoms with E-state index in [1.54, 1.807) is 11.9 Å². The van der Waals surface area contributed by atoms with Crippen LogP contribution in [0.15, 0.2) is 69.2 Å². The van der Waals surface area contributed by atoms with Gasteiger partial charge in [0.1, 0.15) is 5.60 Å². The summed E-state index contributed by atoms with van der Waals surface area (Å²) in [6, 6.07) is 5.99. The van der Waals surface area contributed by atoms with Gasteiger partial charge in [-0.1, -0.05) is 84.7 Å². The molecule has 6 heteroatoms. The monoisotopic (exact) mass is 618 g/mol. The van der Waals surface area contributed by atoms with Gasteiger partial charge in [-0.3, -0.25) is 4.99 Å². The van der Waals surface area contributed by atoms with E-state index < -0.39 is 5.60 Å². The number of amides is 1. The second-order valence-corrected chi connectivity index (χ2v) is 13.0. The second-order valence-electron chi connectivity index (χ2n) is 11.7. The quantitative estimate of drug-likeness (QED) is 0.133. The molecule has 0 saturated heterocycles. The molecule has 0 N–H and O–H groups in total. The number of aryl methyl sites for hydroxylation is 1. The van der Waals surface area contributed by atoms with Gasteiger partial charge < -0.3 is 9.64 Å². The highest BCUT2D eigenvalue weighted by Crippen LogP contribution is 2.34. The normalized spacial score (nSPS) is 14.2. The average Bonchev–Trinajstić information content (AvgIpc) is 2.80. The second kappa shape index (κ2) is 15.6. The molecule has 0 aliphatic rings. The number of rotatable bonds is 12. The van der Waals surface area contributed by atoms with Gasteiger partial charge in [-0.05, 0) is 89.1 Å². The van der Waals surface area contributed by atoms with Crippen LogP contribution in [0.4, 0.5) is 4.79 Å². The van der Waals surface area contributed by atoms with E-state index in [4.69, 9.17) is 16.3 Å². The number of aliphatic imine (C=N–C) groups is 1. The van der Waals surface area contributed by atoms with Gasteiger partial charge in [0.05, 0.1) is 0 Å². The summed E-state index contributed by atoms with van der Waals surface area (Å²) in [6.07, 6.45) is 3.21. The van der Waals surface area contributed by atoms with Gasteiger partial charge in [0.2, 0.25) is 0 Å². The number of benzene rings is 1. The molecule has 0 saturated carbocycles. The molecule has 1 rings (SSSR count). The van der Waals surface area contributed by atoms with Crippen molar-refractivity contribution >= 4 is 39.3 Å². The summed E-state index contributed by atoms with van der Waals surface area (Å²) in [5.41, 5.74) is 6.82. The van der Waals surface area contributed by atoms with Crippen LogP contribution in [0, 0.1) is 12.8 Å². The maximum Gasteiger partial charge on any atom is 0.410 e. The maximum atomic E-state index is 12.8. The highest BCUT2D eigenvalue weighted by Gasteiger charge is 2.23. The number of carbonyl (C=O) groups is 1. The van der Waals surface area contributed by atoms with Gasteiger partial charge in [-0.25, -0.2) is 4.79 Å². The minimum absolute atomic E-state index is 0.130. The number of allylic oxidation sites excluding steroid dienone is 5. The van der Waals surface area contributed by atoms with Crippen LogP contribution in [0.2, 0.25) is 5.02 Å². The van der Waals surface area contributed by atoms with Crippen LogP contribution in [-0.2, 0) is 4.74 Å². The van der Waals surface area contributed by atoms with Crippen molar-refractivity contribution in [3.63, 3.8) is 0 Å². The molecule has 216 valence electrons. The van der Waals surface area contributed by atoms with Crippen LogP contribution in [0.5, 0.6) is 0 Å². The summed E-state index contributed by atoms with van der Waals surface area (Å²) in [5.74, 6) is 0.462. The third-order valence-corrected chi connectivity index (χ3v) is 7.18. The zero-order chi connectivity index (χ0) is 30.1. The lowest BCUT2D eigenvalue weighted by atomic mass is 9.90. The number of halogens is 2. The molecule has 0 aliphatic carbocycles. The van der Waals surface area contributed by atoms with Crippen molar-refractivity contribution in [3.05, 3.63) is 80.4 Å². The Morgan fingerprint density at radius 1 is 1.21 bits per heavy atom. The maximum absolute atomic E-state index is 12.8. The Kier molecular flexibility index (Phi) is 14.0. The van der Waals surface area contributed by atoms with Gasteiger partial charge in [0.25, 0.3) is 0 Å². The molecule has 1 aromatic carbocycles. The van der Waals surface area contributed by atoms with E-state index in [-0.39, 0.29) is 12.0 Å². The van der Waals surface area contributed by atoms with Crippen molar-refractivity contribution in [2.75, 3.05) is 20.1 Å². The predicted octanol–water partition coefficient (Wildman–Crippen LogP) is 10.2. The van der Waals surface area contributed by atoms with Crippen LogP contribution in [0.25, 0.3) is 0 Å². The van der Waals surface area contributed by atoms with Crippen LogP contribution in [0.3, 0.4) is 0 Å². The van der Waals surface area contributed by atoms with Crippen LogP contribution in [-0.4, -0.2) is 42.4 Å². The minimum Gasteiger partial charge on any atom is -0.444 e. The Balaban J connectivity index is 3.31. The zero-order valence-electron chi connectivity index (χ0n) is 25.7. The number of ether oxygens (including phenoxy) is 1. The third kappa shape index (κ3) is 11.9. The first-order valence-corrected chi connectivity index (χ1v) is 14.7. The summed E-state index contributed by atoms with van der Waals surface area (Å²) in [5, 5.41) is 0.728. The van der Waals surface area contributed by atoms with Crippen molar-refractivity contribution < 1.29 is 9.53 Å². The standard InChI is InChI=1S/C33H48BrClN2O2/c1-21(2)20-37(32(38)39-33(9,10)11)16-15-23(5)17-28(22(3)4)31(26(8)36-12)30(34)18-25(7)29-19-27(35)14-13-24(29)6/h13-14,18-19,21,25H,3,5,15-17,20H2,1-2,4,6-12H3/b30-18+,31-28+,36-26?. The summed E-state index contributed by atoms with van der Waals surface area (Å²) in [6.45, 7) is 28.0. The fourth-order valence-electron chi connectivity index (χ4n) is 4.25. The molecule has 0 aromatic heterocycles. The van der Waals surface area contributed by atoms with Crippen molar-refractivity contribution in [1.29, 1.82) is 0 Å². The molecule has 0 bridgehead atoms. The summed E-state index contributed by atoms with van der Waals surface area (Å²) >= 11 is 10.2. The lowest BCUT2D eigenvalue weighted by Crippen LogP contribution is -2.39. The summed E-state index contributed by atoms with van der Waals surface area (Å²) in [4.78, 5) is 19.2. The predicted molar refractivity (Wildman–Crippen MR) is 174 cm³/mol. The number of carbonyl (C=O) groups excluding carboxylic acids is 1. The number of nitrogens with zero attached hydrogens (tertiary/aromatic N) is 2. The lowest BCUT2D eigenvalue weighted by molar-refractivity contribution is 0.0230. The van der Waals surface area contributed by atoms with E-state index >= 15 is 0 Å². The van der Waals surface area contributed by atoms with Crippen molar-refractivity contribution in [3.8, 4) is 0 Å². The fourth-order valence-corrected chi connectivity index (χ4v) is 5.35. The largest absolute Gasteiger partial charge is 0.444 e. The van der Waals surface area contributed by atoms with E-state index in [2.05, 4.69) is 73.9 Å². The smallest absolute Gasteiger partial charge is 0.410 e. The molecule has 0 heterocycles. The van der Waals surface area contributed by atoms with E-state index in [1.165, 1.54) is 11.1 Å². The zero-order valence-corrected chi connectivity index (χ0v) is 28.0. The third-order valence-electron chi connectivity index (χ3n) is 6.28. The molecular formula is C33H48BrClN2O2. The Morgan fingerprint density at radius 2 is 1.82 bits per heavy atom. The van der Waals surface area contributed by atoms with Gasteiger partial charge in [-0.2, -0.15) is 0 Å². The topological polar surface area (TPSA) is 41.9 Å². The molecule has 1 unspecified atom stereocenters. The molecule has 0 aliphatic heterocycles. The highest BCUT2D eigenvalue weighted by molar-refractivity contribution is 9.12. The first-order valence-electron chi connectivity index (χ1n) is 13.6. The Hall–Kier alpha value is -2.11. The molecule has 1 aromatic rings. The Morgan fingerprint density at radius 3 is 2.33 bits per heavy atom. The number of hydrogen-bond acceptors (Lipinski definition) is 3. The summed E-state index contributed by atoms with van der Waals surface area (Å²) in [7, 11) is 1.80. The van der Waals surface area contributed by atoms with E-state index in [1.807, 2.05) is 46.8 Å². The Labute approximate surface area is 251 Å². The average molecular weight is 620 g/mol. The van der Waals surface area contributed by atoms with E-state index in [0.29, 0.717) is 31.8 Å². The van der Waals surface area contributed by atoms with Crippen molar-refractivity contribution in [1.82, 2.24) is 4.90 Å². The van der Waals surface area contributed by atoms with Gasteiger partial charge >= 0.3 is 6.09 Å². The van der Waals surface area contributed by atoms with Crippen LogP contribution < -0.4 is 0 Å². The number of hydrogen-bond donors (Lipinski definition) is 0. The van der Waals surface area contributed by atoms with E-state index in [9.17, 15) is 4.79 Å². The molecule has 4 nitrogen and oxygen atoms in total. The molecule has 1 amide bonds. The summed E-state index contributed by atoms with van der Waals surface area (Å²) < 4.78 is 6.61. The minimum atomic E-state index is -0.537. The van der Waals surface area contributed by atoms with Gasteiger partial charge in [0, 0.05) is 46.8 Å². The van der Waals surface area contributed by atoms with E-state index in [0.717, 1.165) is 37.5 Å². The molecule has 39 heavy (non-hydrogen) atoms. The molecule has 0 radical (unpaired) electrons. The first-order chi connectivity index (χ1) is 18.0. The van der Waals surface area contributed by atoms with Gasteiger partial charge in [0.15, 0.2) is 0 Å². The van der Waals surface area contributed by atoms with Crippen molar-refractivity contribution in [2.24, 2.45) is 10.9 Å². The van der Waals surface area contributed by atoms with Gasteiger partial charge in [-0.15, -0.1) is 0 Å². The highest BCUT2D eigenvalue weighted by atomic mass is 79.9. The Bertz CT molecular complexity index is 1140. The molecule has 1 atom stereocenters. The lowest BCUT2D eigenvalue weighted by Gasteiger charge is -2.29.